The second-order valence-corrected chi connectivity index (χ2v) is 4.83. The Morgan fingerprint density at radius 3 is 3.00 bits per heavy atom. The third-order valence-electron chi connectivity index (χ3n) is 3.06. The van der Waals surface area contributed by atoms with E-state index in [0.29, 0.717) is 18.2 Å². The van der Waals surface area contributed by atoms with Gasteiger partial charge in [0.05, 0.1) is 13.2 Å². The van der Waals surface area contributed by atoms with Gasteiger partial charge in [0.25, 0.3) is 5.56 Å². The minimum Gasteiger partial charge on any atom is -0.493 e. The van der Waals surface area contributed by atoms with Crippen LogP contribution in [0, 0.1) is 0 Å². The summed E-state index contributed by atoms with van der Waals surface area (Å²) >= 11 is 6.06. The number of hydrogen-bond donors (Lipinski definition) is 1. The molecule has 0 bridgehead atoms. The number of fused-ring (bicyclic) bond motifs is 1. The molecule has 2 aromatic rings. The SMILES string of the molecule is O=c1ccn(Cc2cc(Cl)cc3c2OCC3)c(=O)[nH]1. The van der Waals surface area contributed by atoms with Crippen LogP contribution in [0.25, 0.3) is 0 Å². The molecule has 1 aliphatic heterocycles. The minimum absolute atomic E-state index is 0.318. The van der Waals surface area contributed by atoms with Gasteiger partial charge in [0.15, 0.2) is 0 Å². The molecule has 0 spiro atoms. The Hall–Kier alpha value is -2.01. The number of H-pyrrole nitrogens is 1. The van der Waals surface area contributed by atoms with E-state index in [0.717, 1.165) is 23.3 Å². The van der Waals surface area contributed by atoms with Crippen LogP contribution >= 0.6 is 11.6 Å². The van der Waals surface area contributed by atoms with Crippen molar-refractivity contribution >= 4 is 11.6 Å². The van der Waals surface area contributed by atoms with Gasteiger partial charge >= 0.3 is 5.69 Å². The fourth-order valence-electron chi connectivity index (χ4n) is 2.22. The van der Waals surface area contributed by atoms with Gasteiger partial charge < -0.3 is 4.74 Å². The largest absolute Gasteiger partial charge is 0.493 e. The molecule has 1 aromatic carbocycles. The Bertz CT molecular complexity index is 748. The summed E-state index contributed by atoms with van der Waals surface area (Å²) in [6.07, 6.45) is 2.28. The molecule has 0 amide bonds. The van der Waals surface area contributed by atoms with Crippen LogP contribution in [-0.4, -0.2) is 16.2 Å². The summed E-state index contributed by atoms with van der Waals surface area (Å²) in [5.41, 5.74) is 1.04. The van der Waals surface area contributed by atoms with Crippen molar-refractivity contribution < 1.29 is 4.74 Å². The highest BCUT2D eigenvalue weighted by Crippen LogP contribution is 2.33. The second kappa shape index (κ2) is 4.59. The summed E-state index contributed by atoms with van der Waals surface area (Å²) in [7, 11) is 0. The molecule has 2 heterocycles. The zero-order chi connectivity index (χ0) is 13.4. The molecule has 0 unspecified atom stereocenters. The number of benzene rings is 1. The van der Waals surface area contributed by atoms with E-state index in [4.69, 9.17) is 16.3 Å². The average molecular weight is 279 g/mol. The van der Waals surface area contributed by atoms with Crippen molar-refractivity contribution in [2.75, 3.05) is 6.61 Å². The predicted octanol–water partition coefficient (Wildman–Crippen LogP) is 1.17. The number of ether oxygens (including phenoxy) is 1. The highest BCUT2D eigenvalue weighted by atomic mass is 35.5. The highest BCUT2D eigenvalue weighted by Gasteiger charge is 2.18. The van der Waals surface area contributed by atoms with Crippen LogP contribution in [0.3, 0.4) is 0 Å². The maximum absolute atomic E-state index is 11.7. The number of nitrogens with zero attached hydrogens (tertiary/aromatic N) is 1. The fraction of sp³-hybridized carbons (Fsp3) is 0.231. The minimum atomic E-state index is -0.445. The Labute approximate surface area is 113 Å². The first kappa shape index (κ1) is 12.0. The van der Waals surface area contributed by atoms with Gasteiger partial charge in [-0.25, -0.2) is 4.79 Å². The van der Waals surface area contributed by atoms with Crippen LogP contribution in [0.1, 0.15) is 11.1 Å². The Morgan fingerprint density at radius 1 is 1.37 bits per heavy atom. The van der Waals surface area contributed by atoms with E-state index >= 15 is 0 Å². The third-order valence-corrected chi connectivity index (χ3v) is 3.28. The number of halogens is 1. The molecular weight excluding hydrogens is 268 g/mol. The summed E-state index contributed by atoms with van der Waals surface area (Å²) in [5, 5.41) is 0.622. The van der Waals surface area contributed by atoms with Crippen LogP contribution in [0.4, 0.5) is 0 Å². The van der Waals surface area contributed by atoms with E-state index < -0.39 is 11.2 Å². The summed E-state index contributed by atoms with van der Waals surface area (Å²) in [6.45, 7) is 0.946. The Kier molecular flexibility index (Phi) is 2.91. The first-order valence-corrected chi connectivity index (χ1v) is 6.25. The molecule has 1 aliphatic rings. The molecule has 1 aromatic heterocycles. The zero-order valence-corrected chi connectivity index (χ0v) is 10.7. The van der Waals surface area contributed by atoms with E-state index in [9.17, 15) is 9.59 Å². The summed E-state index contributed by atoms with van der Waals surface area (Å²) < 4.78 is 6.99. The molecular formula is C13H11ClN2O3. The van der Waals surface area contributed by atoms with E-state index in [1.807, 2.05) is 6.07 Å². The third kappa shape index (κ3) is 2.29. The van der Waals surface area contributed by atoms with E-state index in [1.54, 1.807) is 6.07 Å². The molecule has 0 saturated carbocycles. The van der Waals surface area contributed by atoms with Crippen molar-refractivity contribution in [3.63, 3.8) is 0 Å². The van der Waals surface area contributed by atoms with Gasteiger partial charge in [-0.15, -0.1) is 0 Å². The quantitative estimate of drug-likeness (QED) is 0.897. The summed E-state index contributed by atoms with van der Waals surface area (Å²) in [4.78, 5) is 24.9. The molecule has 0 atom stereocenters. The molecule has 98 valence electrons. The van der Waals surface area contributed by atoms with Gasteiger partial charge in [0.2, 0.25) is 0 Å². The molecule has 0 aliphatic carbocycles. The van der Waals surface area contributed by atoms with Gasteiger partial charge in [-0.05, 0) is 17.7 Å². The van der Waals surface area contributed by atoms with Crippen molar-refractivity contribution in [1.82, 2.24) is 9.55 Å². The van der Waals surface area contributed by atoms with Crippen LogP contribution in [0.2, 0.25) is 5.02 Å². The maximum atomic E-state index is 11.7. The van der Waals surface area contributed by atoms with E-state index in [-0.39, 0.29) is 0 Å². The zero-order valence-electron chi connectivity index (χ0n) is 9.98. The first-order chi connectivity index (χ1) is 9.13. The van der Waals surface area contributed by atoms with Gasteiger partial charge in [-0.3, -0.25) is 14.3 Å². The number of nitrogens with one attached hydrogen (secondary N) is 1. The van der Waals surface area contributed by atoms with E-state index in [2.05, 4.69) is 4.98 Å². The number of aromatic nitrogens is 2. The lowest BCUT2D eigenvalue weighted by molar-refractivity contribution is 0.352. The van der Waals surface area contributed by atoms with Crippen molar-refractivity contribution in [1.29, 1.82) is 0 Å². The summed E-state index contributed by atoms with van der Waals surface area (Å²) in [5.74, 6) is 0.794. The molecule has 1 N–H and O–H groups in total. The molecule has 6 heteroatoms. The number of hydrogen-bond acceptors (Lipinski definition) is 3. The van der Waals surface area contributed by atoms with Crippen LogP contribution in [0.5, 0.6) is 5.75 Å². The summed E-state index contributed by atoms with van der Waals surface area (Å²) in [6, 6.07) is 4.97. The van der Waals surface area contributed by atoms with Crippen LogP contribution in [0.15, 0.2) is 34.0 Å². The first-order valence-electron chi connectivity index (χ1n) is 5.87. The number of rotatable bonds is 2. The van der Waals surface area contributed by atoms with Crippen LogP contribution < -0.4 is 16.0 Å². The molecule has 0 radical (unpaired) electrons. The monoisotopic (exact) mass is 278 g/mol. The topological polar surface area (TPSA) is 64.1 Å². The van der Waals surface area contributed by atoms with Crippen molar-refractivity contribution in [3.05, 3.63) is 61.4 Å². The normalized spacial score (nSPS) is 13.1. The van der Waals surface area contributed by atoms with Gasteiger partial charge in [0, 0.05) is 29.3 Å². The molecule has 19 heavy (non-hydrogen) atoms. The van der Waals surface area contributed by atoms with E-state index in [1.165, 1.54) is 16.8 Å². The van der Waals surface area contributed by atoms with Crippen LogP contribution in [-0.2, 0) is 13.0 Å². The smallest absolute Gasteiger partial charge is 0.328 e. The molecule has 0 saturated heterocycles. The molecule has 5 nitrogen and oxygen atoms in total. The van der Waals surface area contributed by atoms with Crippen molar-refractivity contribution in [3.8, 4) is 5.75 Å². The molecule has 0 fully saturated rings. The Balaban J connectivity index is 2.04. The standard InChI is InChI=1S/C13H11ClN2O3/c14-10-5-8-2-4-19-12(8)9(6-10)7-16-3-1-11(17)15-13(16)18/h1,3,5-6H,2,4,7H2,(H,15,17,18). The Morgan fingerprint density at radius 2 is 2.21 bits per heavy atom. The predicted molar refractivity (Wildman–Crippen MR) is 71.1 cm³/mol. The van der Waals surface area contributed by atoms with Crippen molar-refractivity contribution in [2.45, 2.75) is 13.0 Å². The molecule has 3 rings (SSSR count). The number of aromatic amines is 1. The van der Waals surface area contributed by atoms with Gasteiger partial charge in [-0.2, -0.15) is 0 Å². The lowest BCUT2D eigenvalue weighted by atomic mass is 10.1. The second-order valence-electron chi connectivity index (χ2n) is 4.39. The lowest BCUT2D eigenvalue weighted by Crippen LogP contribution is -2.28. The van der Waals surface area contributed by atoms with Crippen molar-refractivity contribution in [2.24, 2.45) is 0 Å². The fourth-order valence-corrected chi connectivity index (χ4v) is 2.48. The van der Waals surface area contributed by atoms with Gasteiger partial charge in [0.1, 0.15) is 5.75 Å². The average Bonchev–Trinajstić information content (AvgIpc) is 2.80. The lowest BCUT2D eigenvalue weighted by Gasteiger charge is -2.10. The maximum Gasteiger partial charge on any atom is 0.328 e. The highest BCUT2D eigenvalue weighted by molar-refractivity contribution is 6.30. The van der Waals surface area contributed by atoms with Gasteiger partial charge in [-0.1, -0.05) is 11.6 Å².